The topological polar surface area (TPSA) is 59.5 Å². The van der Waals surface area contributed by atoms with Crippen molar-refractivity contribution < 1.29 is 14.3 Å². The molecule has 108 valence electrons. The molecule has 1 aromatic heterocycles. The summed E-state index contributed by atoms with van der Waals surface area (Å²) in [7, 11) is 1.37. The molecule has 0 spiro atoms. The monoisotopic (exact) mass is 294 g/mol. The summed E-state index contributed by atoms with van der Waals surface area (Å²) in [5, 5.41) is 0. The number of thioether (sulfide) groups is 1. The Labute approximate surface area is 122 Å². The van der Waals surface area contributed by atoms with E-state index >= 15 is 0 Å². The Morgan fingerprint density at radius 2 is 2.15 bits per heavy atom. The molecule has 0 aliphatic carbocycles. The zero-order valence-electron chi connectivity index (χ0n) is 11.4. The first kappa shape index (κ1) is 14.8. The lowest BCUT2D eigenvalue weighted by molar-refractivity contribution is -0.153. The van der Waals surface area contributed by atoms with Gasteiger partial charge in [0.15, 0.2) is 0 Å². The van der Waals surface area contributed by atoms with E-state index < -0.39 is 6.04 Å². The Kier molecular flexibility index (Phi) is 5.40. The first-order valence-electron chi connectivity index (χ1n) is 6.62. The van der Waals surface area contributed by atoms with Gasteiger partial charge in [-0.15, -0.1) is 11.8 Å². The fraction of sp³-hybridized carbons (Fsp3) is 0.500. The largest absolute Gasteiger partial charge is 0.467 e. The highest BCUT2D eigenvalue weighted by Crippen LogP contribution is 2.22. The molecule has 0 radical (unpaired) electrons. The first-order chi connectivity index (χ1) is 9.72. The number of nitrogens with zero attached hydrogens (tertiary/aromatic N) is 2. The van der Waals surface area contributed by atoms with Gasteiger partial charge in [0.2, 0.25) is 5.91 Å². The number of rotatable bonds is 4. The molecule has 0 bridgehead atoms. The molecular formula is C14H18N2O3S. The van der Waals surface area contributed by atoms with Crippen molar-refractivity contribution >= 4 is 23.6 Å². The predicted octanol–water partition coefficient (Wildman–Crippen LogP) is 1.73. The fourth-order valence-electron chi connectivity index (χ4n) is 2.27. The third kappa shape index (κ3) is 3.72. The number of methoxy groups -OCH3 is 1. The van der Waals surface area contributed by atoms with Gasteiger partial charge < -0.3 is 9.64 Å². The number of aromatic nitrogens is 1. The van der Waals surface area contributed by atoms with Crippen molar-refractivity contribution in [3.63, 3.8) is 0 Å². The minimum Gasteiger partial charge on any atom is -0.467 e. The molecule has 1 saturated heterocycles. The molecule has 0 N–H and O–H groups in total. The average Bonchev–Trinajstić information content (AvgIpc) is 2.52. The number of amides is 1. The Balaban J connectivity index is 1.94. The number of hydrogen-bond acceptors (Lipinski definition) is 5. The number of piperidine rings is 1. The Bertz CT molecular complexity index is 467. The Morgan fingerprint density at radius 1 is 1.40 bits per heavy atom. The van der Waals surface area contributed by atoms with E-state index in [1.807, 2.05) is 12.1 Å². The van der Waals surface area contributed by atoms with Gasteiger partial charge in [0.05, 0.1) is 12.9 Å². The Morgan fingerprint density at radius 3 is 2.85 bits per heavy atom. The third-order valence-corrected chi connectivity index (χ3v) is 4.31. The van der Waals surface area contributed by atoms with Gasteiger partial charge in [-0.2, -0.15) is 0 Å². The third-order valence-electron chi connectivity index (χ3n) is 3.31. The molecule has 0 aromatic carbocycles. The summed E-state index contributed by atoms with van der Waals surface area (Å²) in [6, 6.07) is 3.32. The van der Waals surface area contributed by atoms with Crippen LogP contribution in [0.3, 0.4) is 0 Å². The van der Waals surface area contributed by atoms with Gasteiger partial charge in [-0.3, -0.25) is 9.78 Å². The van der Waals surface area contributed by atoms with Crippen molar-refractivity contribution in [2.75, 3.05) is 19.4 Å². The van der Waals surface area contributed by atoms with Crippen LogP contribution in [0.4, 0.5) is 0 Å². The molecule has 0 saturated carbocycles. The van der Waals surface area contributed by atoms with Gasteiger partial charge in [-0.05, 0) is 31.4 Å². The predicted molar refractivity (Wildman–Crippen MR) is 76.3 cm³/mol. The van der Waals surface area contributed by atoms with Gasteiger partial charge in [-0.1, -0.05) is 0 Å². The SMILES string of the molecule is COC(=O)[C@H]1CCCCN1C(=O)CSc1ccncc1. The number of carbonyl (C=O) groups excluding carboxylic acids is 2. The van der Waals surface area contributed by atoms with Crippen LogP contribution in [0, 0.1) is 0 Å². The maximum absolute atomic E-state index is 12.3. The number of hydrogen-bond donors (Lipinski definition) is 0. The zero-order chi connectivity index (χ0) is 14.4. The molecular weight excluding hydrogens is 276 g/mol. The summed E-state index contributed by atoms with van der Waals surface area (Å²) in [5.74, 6) is 0.00574. The second kappa shape index (κ2) is 7.28. The summed E-state index contributed by atoms with van der Waals surface area (Å²) in [5.41, 5.74) is 0. The van der Waals surface area contributed by atoms with Crippen LogP contribution in [0.25, 0.3) is 0 Å². The molecule has 1 aliphatic rings. The smallest absolute Gasteiger partial charge is 0.328 e. The van der Waals surface area contributed by atoms with Crippen LogP contribution in [0.2, 0.25) is 0 Å². The van der Waals surface area contributed by atoms with Crippen molar-refractivity contribution in [3.8, 4) is 0 Å². The van der Waals surface area contributed by atoms with E-state index in [9.17, 15) is 9.59 Å². The van der Waals surface area contributed by atoms with Gasteiger partial charge in [0.25, 0.3) is 0 Å². The highest BCUT2D eigenvalue weighted by atomic mass is 32.2. The molecule has 1 fully saturated rings. The molecule has 2 heterocycles. The number of ether oxygens (including phenoxy) is 1. The van der Waals surface area contributed by atoms with Crippen LogP contribution in [-0.2, 0) is 14.3 Å². The van der Waals surface area contributed by atoms with Crippen LogP contribution in [-0.4, -0.2) is 47.2 Å². The minimum atomic E-state index is -0.417. The standard InChI is InChI=1S/C14H18N2O3S/c1-19-14(18)12-4-2-3-9-16(12)13(17)10-20-11-5-7-15-8-6-11/h5-8,12H,2-4,9-10H2,1H3/t12-/m1/s1. The number of esters is 1. The normalized spacial score (nSPS) is 18.6. The van der Waals surface area contributed by atoms with E-state index in [0.717, 1.165) is 17.7 Å². The summed E-state index contributed by atoms with van der Waals surface area (Å²) >= 11 is 1.46. The quantitative estimate of drug-likeness (QED) is 0.625. The van der Waals surface area contributed by atoms with Gasteiger partial charge in [0.1, 0.15) is 6.04 Å². The van der Waals surface area contributed by atoms with Crippen molar-refractivity contribution in [2.45, 2.75) is 30.2 Å². The molecule has 1 aromatic rings. The highest BCUT2D eigenvalue weighted by molar-refractivity contribution is 8.00. The minimum absolute atomic E-state index is 0.0121. The van der Waals surface area contributed by atoms with Gasteiger partial charge in [-0.25, -0.2) is 4.79 Å². The molecule has 1 atom stereocenters. The van der Waals surface area contributed by atoms with Crippen LogP contribution >= 0.6 is 11.8 Å². The van der Waals surface area contributed by atoms with Crippen molar-refractivity contribution in [2.24, 2.45) is 0 Å². The molecule has 20 heavy (non-hydrogen) atoms. The summed E-state index contributed by atoms with van der Waals surface area (Å²) in [6.45, 7) is 0.634. The van der Waals surface area contributed by atoms with Crippen molar-refractivity contribution in [1.29, 1.82) is 0 Å². The molecule has 5 nitrogen and oxygen atoms in total. The average molecular weight is 294 g/mol. The lowest BCUT2D eigenvalue weighted by Crippen LogP contribution is -2.49. The zero-order valence-corrected chi connectivity index (χ0v) is 12.3. The van der Waals surface area contributed by atoms with E-state index in [1.54, 1.807) is 17.3 Å². The lowest BCUT2D eigenvalue weighted by atomic mass is 10.0. The fourth-order valence-corrected chi connectivity index (χ4v) is 3.04. The van der Waals surface area contributed by atoms with E-state index in [0.29, 0.717) is 18.7 Å². The first-order valence-corrected chi connectivity index (χ1v) is 7.61. The van der Waals surface area contributed by atoms with Gasteiger partial charge in [0, 0.05) is 23.8 Å². The lowest BCUT2D eigenvalue weighted by Gasteiger charge is -2.33. The number of pyridine rings is 1. The maximum atomic E-state index is 12.3. The molecule has 6 heteroatoms. The molecule has 0 unspecified atom stereocenters. The van der Waals surface area contributed by atoms with E-state index in [2.05, 4.69) is 4.98 Å². The van der Waals surface area contributed by atoms with E-state index in [4.69, 9.17) is 4.74 Å². The van der Waals surface area contributed by atoms with E-state index in [1.165, 1.54) is 18.9 Å². The second-order valence-corrected chi connectivity index (χ2v) is 5.64. The summed E-state index contributed by atoms with van der Waals surface area (Å²) in [4.78, 5) is 30.6. The van der Waals surface area contributed by atoms with E-state index in [-0.39, 0.29) is 11.9 Å². The summed E-state index contributed by atoms with van der Waals surface area (Å²) in [6.07, 6.45) is 5.99. The molecule has 2 rings (SSSR count). The second-order valence-electron chi connectivity index (χ2n) is 4.59. The van der Waals surface area contributed by atoms with Crippen molar-refractivity contribution in [1.82, 2.24) is 9.88 Å². The van der Waals surface area contributed by atoms with Crippen LogP contribution in [0.15, 0.2) is 29.4 Å². The van der Waals surface area contributed by atoms with Gasteiger partial charge >= 0.3 is 5.97 Å². The molecule has 1 aliphatic heterocycles. The number of likely N-dealkylation sites (tertiary alicyclic amines) is 1. The highest BCUT2D eigenvalue weighted by Gasteiger charge is 2.32. The van der Waals surface area contributed by atoms with Crippen molar-refractivity contribution in [3.05, 3.63) is 24.5 Å². The van der Waals surface area contributed by atoms with Crippen LogP contribution in [0.1, 0.15) is 19.3 Å². The number of carbonyl (C=O) groups is 2. The van der Waals surface area contributed by atoms with Crippen LogP contribution < -0.4 is 0 Å². The maximum Gasteiger partial charge on any atom is 0.328 e. The summed E-state index contributed by atoms with van der Waals surface area (Å²) < 4.78 is 4.78. The molecule has 1 amide bonds. The van der Waals surface area contributed by atoms with Crippen LogP contribution in [0.5, 0.6) is 0 Å². The Hall–Kier alpha value is -1.56.